The van der Waals surface area contributed by atoms with Crippen LogP contribution in [0, 0.1) is 25.2 Å². The molecule has 0 aliphatic heterocycles. The van der Waals surface area contributed by atoms with E-state index in [4.69, 9.17) is 8.83 Å². The fourth-order valence-corrected chi connectivity index (χ4v) is 4.18. The summed E-state index contributed by atoms with van der Waals surface area (Å²) in [5, 5.41) is 9.75. The van der Waals surface area contributed by atoms with Crippen molar-refractivity contribution in [1.82, 2.24) is 9.97 Å². The summed E-state index contributed by atoms with van der Waals surface area (Å²) in [5.74, 6) is 1.11. The molecule has 2 aromatic heterocycles. The maximum atomic E-state index is 9.75. The topological polar surface area (TPSA) is 75.8 Å². The smallest absolute Gasteiger partial charge is 0.227 e. The summed E-state index contributed by atoms with van der Waals surface area (Å²) < 4.78 is 11.8. The number of fused-ring (bicyclic) bond motifs is 2. The zero-order chi connectivity index (χ0) is 24.6. The highest BCUT2D eigenvalue weighted by Crippen LogP contribution is 2.28. The zero-order valence-corrected chi connectivity index (χ0v) is 19.8. The normalized spacial score (nSPS) is 11.5. The van der Waals surface area contributed by atoms with Gasteiger partial charge in [-0.3, -0.25) is 0 Å². The van der Waals surface area contributed by atoms with Gasteiger partial charge >= 0.3 is 0 Å². The van der Waals surface area contributed by atoms with Crippen LogP contribution in [0.3, 0.4) is 0 Å². The fourth-order valence-electron chi connectivity index (χ4n) is 4.18. The van der Waals surface area contributed by atoms with Crippen LogP contribution in [0.15, 0.2) is 87.7 Å². The summed E-state index contributed by atoms with van der Waals surface area (Å²) in [5.41, 5.74) is 9.52. The van der Waals surface area contributed by atoms with Crippen LogP contribution in [-0.4, -0.2) is 9.97 Å². The molecule has 0 aliphatic rings. The van der Waals surface area contributed by atoms with E-state index < -0.39 is 0 Å². The van der Waals surface area contributed by atoms with E-state index in [-0.39, 0.29) is 0 Å². The summed E-state index contributed by atoms with van der Waals surface area (Å²) in [4.78, 5) is 9.19. The summed E-state index contributed by atoms with van der Waals surface area (Å²) in [6, 6.07) is 27.8. The average molecular weight is 468 g/mol. The van der Waals surface area contributed by atoms with Gasteiger partial charge in [0.2, 0.25) is 11.8 Å². The van der Waals surface area contributed by atoms with Gasteiger partial charge in [-0.1, -0.05) is 42.5 Å². The monoisotopic (exact) mass is 467 g/mol. The van der Waals surface area contributed by atoms with Crippen molar-refractivity contribution in [2.24, 2.45) is 0 Å². The molecule has 4 aromatic carbocycles. The lowest BCUT2D eigenvalue weighted by Gasteiger charge is -2.02. The molecule has 5 nitrogen and oxygen atoms in total. The molecule has 0 aliphatic carbocycles. The predicted octanol–water partition coefficient (Wildman–Crippen LogP) is 7.96. The maximum Gasteiger partial charge on any atom is 0.227 e. The molecule has 0 spiro atoms. The molecule has 0 bridgehead atoms. The van der Waals surface area contributed by atoms with Gasteiger partial charge in [-0.05, 0) is 84.6 Å². The van der Waals surface area contributed by atoms with Crippen LogP contribution in [-0.2, 0) is 0 Å². The Morgan fingerprint density at radius 2 is 1.25 bits per heavy atom. The Morgan fingerprint density at radius 1 is 0.667 bits per heavy atom. The van der Waals surface area contributed by atoms with Crippen LogP contribution in [0.25, 0.3) is 57.3 Å². The lowest BCUT2D eigenvalue weighted by molar-refractivity contribution is 0.619. The van der Waals surface area contributed by atoms with E-state index in [0.717, 1.165) is 55.6 Å². The Kier molecular flexibility index (Phi) is 5.20. The van der Waals surface area contributed by atoms with Gasteiger partial charge in [-0.25, -0.2) is 9.97 Å². The van der Waals surface area contributed by atoms with Crippen LogP contribution in [0.5, 0.6) is 0 Å². The van der Waals surface area contributed by atoms with Crippen molar-refractivity contribution in [2.45, 2.75) is 13.8 Å². The second-order valence-electron chi connectivity index (χ2n) is 8.85. The van der Waals surface area contributed by atoms with Crippen molar-refractivity contribution >= 4 is 34.4 Å². The zero-order valence-electron chi connectivity index (χ0n) is 19.8. The van der Waals surface area contributed by atoms with E-state index in [1.54, 1.807) is 0 Å². The van der Waals surface area contributed by atoms with Gasteiger partial charge < -0.3 is 8.83 Å². The summed E-state index contributed by atoms with van der Waals surface area (Å²) in [6.07, 6.45) is 3.92. The minimum absolute atomic E-state index is 0.507. The molecule has 2 heterocycles. The van der Waals surface area contributed by atoms with Crippen molar-refractivity contribution in [3.8, 4) is 29.0 Å². The van der Waals surface area contributed by atoms with Gasteiger partial charge in [0.15, 0.2) is 11.2 Å². The first-order valence-electron chi connectivity index (χ1n) is 11.6. The number of aryl methyl sites for hydroxylation is 2. The predicted molar refractivity (Wildman–Crippen MR) is 142 cm³/mol. The third kappa shape index (κ3) is 4.06. The molecule has 0 N–H and O–H groups in total. The van der Waals surface area contributed by atoms with E-state index in [9.17, 15) is 5.26 Å². The molecule has 0 saturated heterocycles. The molecule has 36 heavy (non-hydrogen) atoms. The molecule has 0 fully saturated rings. The first kappa shape index (κ1) is 21.6. The third-order valence-electron chi connectivity index (χ3n) is 6.12. The van der Waals surface area contributed by atoms with Crippen molar-refractivity contribution in [1.29, 1.82) is 5.26 Å². The van der Waals surface area contributed by atoms with Crippen molar-refractivity contribution < 1.29 is 8.83 Å². The van der Waals surface area contributed by atoms with E-state index in [1.807, 2.05) is 105 Å². The summed E-state index contributed by atoms with van der Waals surface area (Å²) in [7, 11) is 0. The average Bonchev–Trinajstić information content (AvgIpc) is 3.51. The Labute approximate surface area is 208 Å². The van der Waals surface area contributed by atoms with Gasteiger partial charge in [0.05, 0.1) is 11.6 Å². The van der Waals surface area contributed by atoms with E-state index in [0.29, 0.717) is 17.3 Å². The molecular weight excluding hydrogens is 446 g/mol. The van der Waals surface area contributed by atoms with Gasteiger partial charge in [-0.2, -0.15) is 5.26 Å². The number of hydrogen-bond acceptors (Lipinski definition) is 5. The molecule has 0 amide bonds. The Bertz CT molecular complexity index is 1820. The molecule has 6 aromatic rings. The van der Waals surface area contributed by atoms with E-state index in [1.165, 1.54) is 0 Å². The SMILES string of the molecule is Cc1ccc2oc(-c3ccc(C=Cc4ccc(-c5nc6cc(C)ccc6o5)cc4C#N)cc3)nc2c1. The highest BCUT2D eigenvalue weighted by Gasteiger charge is 2.11. The Hall–Kier alpha value is -4.95. The van der Waals surface area contributed by atoms with Crippen LogP contribution in [0.2, 0.25) is 0 Å². The second kappa shape index (κ2) is 8.68. The molecule has 0 atom stereocenters. The minimum Gasteiger partial charge on any atom is -0.436 e. The highest BCUT2D eigenvalue weighted by atomic mass is 16.4. The largest absolute Gasteiger partial charge is 0.436 e. The molecule has 0 unspecified atom stereocenters. The Morgan fingerprint density at radius 3 is 1.86 bits per heavy atom. The highest BCUT2D eigenvalue weighted by molar-refractivity contribution is 5.80. The van der Waals surface area contributed by atoms with Crippen LogP contribution < -0.4 is 0 Å². The van der Waals surface area contributed by atoms with Crippen molar-refractivity contribution in [3.63, 3.8) is 0 Å². The first-order valence-corrected chi connectivity index (χ1v) is 11.6. The number of aromatic nitrogens is 2. The molecule has 5 heteroatoms. The lowest BCUT2D eigenvalue weighted by atomic mass is 10.0. The standard InChI is InChI=1S/C31H21N3O2/c1-19-3-13-28-26(15-19)33-30(35-28)23-9-6-21(7-10-23)5-8-22-11-12-24(17-25(22)18-32)31-34-27-16-20(2)4-14-29(27)36-31/h3-17H,1-2H3. The number of nitrogens with zero attached hydrogens (tertiary/aromatic N) is 3. The summed E-state index contributed by atoms with van der Waals surface area (Å²) >= 11 is 0. The number of rotatable bonds is 4. The molecular formula is C31H21N3O2. The lowest BCUT2D eigenvalue weighted by Crippen LogP contribution is -1.85. The number of hydrogen-bond donors (Lipinski definition) is 0. The van der Waals surface area contributed by atoms with Crippen molar-refractivity contribution in [3.05, 3.63) is 107 Å². The first-order chi connectivity index (χ1) is 17.6. The molecule has 6 rings (SSSR count). The summed E-state index contributed by atoms with van der Waals surface area (Å²) in [6.45, 7) is 4.06. The fraction of sp³-hybridized carbons (Fsp3) is 0.0645. The molecule has 0 radical (unpaired) electrons. The maximum absolute atomic E-state index is 9.75. The van der Waals surface area contributed by atoms with Gasteiger partial charge in [-0.15, -0.1) is 0 Å². The quantitative estimate of drug-likeness (QED) is 0.246. The van der Waals surface area contributed by atoms with Crippen LogP contribution in [0.4, 0.5) is 0 Å². The van der Waals surface area contributed by atoms with Crippen LogP contribution in [0.1, 0.15) is 27.8 Å². The van der Waals surface area contributed by atoms with Gasteiger partial charge in [0.25, 0.3) is 0 Å². The Balaban J connectivity index is 1.24. The number of oxazole rings is 2. The van der Waals surface area contributed by atoms with E-state index in [2.05, 4.69) is 16.0 Å². The van der Waals surface area contributed by atoms with Crippen LogP contribution >= 0.6 is 0 Å². The van der Waals surface area contributed by atoms with Crippen molar-refractivity contribution in [2.75, 3.05) is 0 Å². The van der Waals surface area contributed by atoms with Gasteiger partial charge in [0.1, 0.15) is 11.0 Å². The van der Waals surface area contributed by atoms with E-state index >= 15 is 0 Å². The molecule has 0 saturated carbocycles. The number of nitriles is 1. The third-order valence-corrected chi connectivity index (χ3v) is 6.12. The number of benzene rings is 4. The minimum atomic E-state index is 0.507. The second-order valence-corrected chi connectivity index (χ2v) is 8.85. The molecule has 172 valence electrons. The van der Waals surface area contributed by atoms with Gasteiger partial charge in [0, 0.05) is 11.1 Å².